The van der Waals surface area contributed by atoms with Gasteiger partial charge in [-0.15, -0.1) is 0 Å². The summed E-state index contributed by atoms with van der Waals surface area (Å²) in [5.74, 6) is -0.220. The van der Waals surface area contributed by atoms with Crippen LogP contribution in [-0.2, 0) is 0 Å². The van der Waals surface area contributed by atoms with Crippen LogP contribution in [-0.4, -0.2) is 9.97 Å². The van der Waals surface area contributed by atoms with Gasteiger partial charge < -0.3 is 0 Å². The van der Waals surface area contributed by atoms with Gasteiger partial charge in [0.2, 0.25) is 0 Å². The normalized spacial score (nSPS) is 10.5. The van der Waals surface area contributed by atoms with Crippen LogP contribution < -0.4 is 0 Å². The molecule has 0 aliphatic carbocycles. The first-order valence-corrected chi connectivity index (χ1v) is 7.13. The van der Waals surface area contributed by atoms with Gasteiger partial charge in [0, 0.05) is 33.9 Å². The molecule has 2 heterocycles. The summed E-state index contributed by atoms with van der Waals surface area (Å²) in [7, 11) is 0. The topological polar surface area (TPSA) is 25.8 Å². The molecule has 2 aromatic heterocycles. The highest BCUT2D eigenvalue weighted by Gasteiger charge is 2.12. The van der Waals surface area contributed by atoms with Crippen molar-refractivity contribution in [2.24, 2.45) is 0 Å². The fraction of sp³-hybridized carbons (Fsp3) is 0. The fourth-order valence-corrected chi connectivity index (χ4v) is 2.55. The van der Waals surface area contributed by atoms with E-state index in [-0.39, 0.29) is 5.82 Å². The van der Waals surface area contributed by atoms with E-state index in [1.165, 1.54) is 0 Å². The van der Waals surface area contributed by atoms with Crippen LogP contribution in [0.1, 0.15) is 0 Å². The lowest BCUT2D eigenvalue weighted by atomic mass is 9.96. The number of benzene rings is 1. The summed E-state index contributed by atoms with van der Waals surface area (Å²) >= 11 is 2.01. The zero-order valence-electron chi connectivity index (χ0n) is 10.4. The molecule has 3 aromatic rings. The minimum Gasteiger partial charge on any atom is -0.265 e. The van der Waals surface area contributed by atoms with Crippen molar-refractivity contribution in [3.05, 3.63) is 70.6 Å². The van der Waals surface area contributed by atoms with Gasteiger partial charge in [0.05, 0.1) is 0 Å². The third-order valence-corrected chi connectivity index (χ3v) is 3.85. The lowest BCUT2D eigenvalue weighted by Crippen LogP contribution is -1.91. The minimum absolute atomic E-state index is 0.220. The summed E-state index contributed by atoms with van der Waals surface area (Å²) in [5, 5.41) is 0. The van der Waals surface area contributed by atoms with Crippen molar-refractivity contribution in [2.75, 3.05) is 0 Å². The second-order valence-electron chi connectivity index (χ2n) is 4.29. The SMILES string of the molecule is Fc1cc(-c2cccnc2)c(-c2ccncc2)cc1I. The van der Waals surface area contributed by atoms with E-state index in [1.54, 1.807) is 30.9 Å². The molecule has 20 heavy (non-hydrogen) atoms. The fourth-order valence-electron chi connectivity index (χ4n) is 2.08. The molecule has 0 saturated heterocycles. The molecule has 4 heteroatoms. The van der Waals surface area contributed by atoms with Crippen molar-refractivity contribution in [3.8, 4) is 22.3 Å². The van der Waals surface area contributed by atoms with E-state index in [0.29, 0.717) is 3.57 Å². The third kappa shape index (κ3) is 2.56. The molecule has 0 amide bonds. The van der Waals surface area contributed by atoms with Crippen LogP contribution in [0.5, 0.6) is 0 Å². The van der Waals surface area contributed by atoms with Gasteiger partial charge in [0.25, 0.3) is 0 Å². The second kappa shape index (κ2) is 5.66. The molecule has 0 atom stereocenters. The van der Waals surface area contributed by atoms with Gasteiger partial charge in [-0.05, 0) is 69.6 Å². The Labute approximate surface area is 129 Å². The average molecular weight is 376 g/mol. The molecule has 0 unspecified atom stereocenters. The summed E-state index contributed by atoms with van der Waals surface area (Å²) in [4.78, 5) is 8.14. The van der Waals surface area contributed by atoms with Crippen molar-refractivity contribution in [3.63, 3.8) is 0 Å². The monoisotopic (exact) mass is 376 g/mol. The van der Waals surface area contributed by atoms with Crippen LogP contribution in [0, 0.1) is 9.39 Å². The Morgan fingerprint density at radius 3 is 2.30 bits per heavy atom. The molecule has 2 nitrogen and oxygen atoms in total. The van der Waals surface area contributed by atoms with Gasteiger partial charge in [0.15, 0.2) is 0 Å². The molecular formula is C16H10FIN2. The molecule has 0 N–H and O–H groups in total. The third-order valence-electron chi connectivity index (χ3n) is 3.02. The molecular weight excluding hydrogens is 366 g/mol. The minimum atomic E-state index is -0.220. The predicted molar refractivity (Wildman–Crippen MR) is 85.6 cm³/mol. The lowest BCUT2D eigenvalue weighted by Gasteiger charge is -2.11. The first-order valence-electron chi connectivity index (χ1n) is 6.05. The number of hydrogen-bond donors (Lipinski definition) is 0. The van der Waals surface area contributed by atoms with Crippen LogP contribution in [0.15, 0.2) is 61.2 Å². The van der Waals surface area contributed by atoms with E-state index < -0.39 is 0 Å². The molecule has 0 bridgehead atoms. The molecule has 1 aromatic carbocycles. The molecule has 0 fully saturated rings. The van der Waals surface area contributed by atoms with E-state index in [4.69, 9.17) is 0 Å². The zero-order chi connectivity index (χ0) is 13.9. The molecule has 0 aliphatic rings. The Hall–Kier alpha value is -1.82. The smallest absolute Gasteiger partial charge is 0.137 e. The number of rotatable bonds is 2. The molecule has 0 spiro atoms. The summed E-state index contributed by atoms with van der Waals surface area (Å²) in [6.07, 6.45) is 6.92. The van der Waals surface area contributed by atoms with Gasteiger partial charge in [0.1, 0.15) is 5.82 Å². The predicted octanol–water partition coefficient (Wildman–Crippen LogP) is 4.55. The standard InChI is InChI=1S/C16H10FIN2/c17-15-8-13(12-2-1-5-20-10-12)14(9-16(15)18)11-3-6-19-7-4-11/h1-10H. The Bertz CT molecular complexity index is 666. The molecule has 0 radical (unpaired) electrons. The molecule has 3 rings (SSSR count). The van der Waals surface area contributed by atoms with Crippen LogP contribution in [0.4, 0.5) is 4.39 Å². The maximum absolute atomic E-state index is 13.9. The van der Waals surface area contributed by atoms with Crippen molar-refractivity contribution in [1.29, 1.82) is 0 Å². The van der Waals surface area contributed by atoms with Crippen LogP contribution in [0.2, 0.25) is 0 Å². The van der Waals surface area contributed by atoms with E-state index in [0.717, 1.165) is 22.3 Å². The summed E-state index contributed by atoms with van der Waals surface area (Å²) in [6.45, 7) is 0. The molecule has 98 valence electrons. The summed E-state index contributed by atoms with van der Waals surface area (Å²) in [6, 6.07) is 11.0. The van der Waals surface area contributed by atoms with E-state index >= 15 is 0 Å². The maximum atomic E-state index is 13.9. The quantitative estimate of drug-likeness (QED) is 0.613. The van der Waals surface area contributed by atoms with Gasteiger partial charge in [-0.3, -0.25) is 9.97 Å². The highest BCUT2D eigenvalue weighted by Crippen LogP contribution is 2.34. The largest absolute Gasteiger partial charge is 0.265 e. The number of nitrogens with zero attached hydrogens (tertiary/aromatic N) is 2. The Morgan fingerprint density at radius 2 is 1.60 bits per heavy atom. The van der Waals surface area contributed by atoms with Crippen molar-refractivity contribution in [1.82, 2.24) is 9.97 Å². The first kappa shape index (κ1) is 13.2. The molecule has 0 aliphatic heterocycles. The second-order valence-corrected chi connectivity index (χ2v) is 5.45. The summed E-state index contributed by atoms with van der Waals surface area (Å²) < 4.78 is 14.5. The zero-order valence-corrected chi connectivity index (χ0v) is 12.6. The Balaban J connectivity index is 2.26. The average Bonchev–Trinajstić information content (AvgIpc) is 2.51. The van der Waals surface area contributed by atoms with E-state index in [9.17, 15) is 4.39 Å². The van der Waals surface area contributed by atoms with Gasteiger partial charge >= 0.3 is 0 Å². The van der Waals surface area contributed by atoms with Crippen molar-refractivity contribution < 1.29 is 4.39 Å². The Kier molecular flexibility index (Phi) is 3.73. The van der Waals surface area contributed by atoms with Gasteiger partial charge in [-0.1, -0.05) is 6.07 Å². The Morgan fingerprint density at radius 1 is 0.850 bits per heavy atom. The van der Waals surface area contributed by atoms with Gasteiger partial charge in [-0.2, -0.15) is 0 Å². The number of hydrogen-bond acceptors (Lipinski definition) is 2. The number of aromatic nitrogens is 2. The van der Waals surface area contributed by atoms with E-state index in [2.05, 4.69) is 9.97 Å². The van der Waals surface area contributed by atoms with Crippen LogP contribution in [0.3, 0.4) is 0 Å². The lowest BCUT2D eigenvalue weighted by molar-refractivity contribution is 0.621. The highest BCUT2D eigenvalue weighted by molar-refractivity contribution is 14.1. The maximum Gasteiger partial charge on any atom is 0.137 e. The first-order chi connectivity index (χ1) is 9.75. The summed E-state index contributed by atoms with van der Waals surface area (Å²) in [5.41, 5.74) is 3.72. The highest BCUT2D eigenvalue weighted by atomic mass is 127. The number of halogens is 2. The van der Waals surface area contributed by atoms with Crippen LogP contribution >= 0.6 is 22.6 Å². The number of pyridine rings is 2. The van der Waals surface area contributed by atoms with Crippen LogP contribution in [0.25, 0.3) is 22.3 Å². The van der Waals surface area contributed by atoms with Crippen molar-refractivity contribution in [2.45, 2.75) is 0 Å². The van der Waals surface area contributed by atoms with Crippen molar-refractivity contribution >= 4 is 22.6 Å². The van der Waals surface area contributed by atoms with Gasteiger partial charge in [-0.25, -0.2) is 4.39 Å². The van der Waals surface area contributed by atoms with E-state index in [1.807, 2.05) is 52.9 Å². The molecule has 0 saturated carbocycles.